The van der Waals surface area contributed by atoms with Gasteiger partial charge in [0.2, 0.25) is 0 Å². The summed E-state index contributed by atoms with van der Waals surface area (Å²) in [6, 6.07) is 2.82. The molecule has 0 aromatic heterocycles. The molecule has 3 fully saturated rings. The average molecular weight is 332 g/mol. The van der Waals surface area contributed by atoms with Crippen molar-refractivity contribution < 1.29 is 9.41 Å². The van der Waals surface area contributed by atoms with E-state index in [1.165, 1.54) is 29.7 Å². The molecule has 3 heterocycles. The second-order valence-electron chi connectivity index (χ2n) is 5.79. The van der Waals surface area contributed by atoms with Crippen LogP contribution in [0.25, 0.3) is 0 Å². The number of quaternary nitrogens is 1. The van der Waals surface area contributed by atoms with E-state index in [-0.39, 0.29) is 10.7 Å². The summed E-state index contributed by atoms with van der Waals surface area (Å²) in [6.07, 6.45) is 0.977. The van der Waals surface area contributed by atoms with Gasteiger partial charge in [-0.05, 0) is 6.07 Å². The third-order valence-electron chi connectivity index (χ3n) is 4.25. The first kappa shape index (κ1) is 14.8. The maximum Gasteiger partial charge on any atom is 0.293 e. The fourth-order valence-corrected chi connectivity index (χ4v) is 3.48. The lowest BCUT2D eigenvalue weighted by Gasteiger charge is -2.42. The average Bonchev–Trinajstić information content (AvgIpc) is 2.98. The molecule has 1 N–H and O–H groups in total. The maximum atomic E-state index is 11.0. The predicted octanol–water partition coefficient (Wildman–Crippen LogP) is 2.76. The van der Waals surface area contributed by atoms with Crippen LogP contribution in [0.1, 0.15) is 6.42 Å². The van der Waals surface area contributed by atoms with Crippen molar-refractivity contribution in [3.63, 3.8) is 0 Å². The minimum atomic E-state index is -0.444. The fraction of sp³-hybridized carbons (Fsp3) is 0.538. The largest absolute Gasteiger partial charge is 0.379 e. The van der Waals surface area contributed by atoms with E-state index in [0.717, 1.165) is 26.3 Å². The van der Waals surface area contributed by atoms with Crippen molar-refractivity contribution in [2.45, 2.75) is 6.42 Å². The summed E-state index contributed by atoms with van der Waals surface area (Å²) in [5.41, 5.74) is 0.397. The van der Waals surface area contributed by atoms with E-state index in [4.69, 9.17) is 23.2 Å². The van der Waals surface area contributed by atoms with Crippen molar-refractivity contribution in [2.75, 3.05) is 44.8 Å². The number of hydrogen-bond acceptors (Lipinski definition) is 4. The molecule has 0 radical (unpaired) electrons. The number of nitrogens with zero attached hydrogens (tertiary/aromatic N) is 3. The van der Waals surface area contributed by atoms with E-state index >= 15 is 0 Å². The van der Waals surface area contributed by atoms with Crippen LogP contribution in [0.15, 0.2) is 12.1 Å². The Kier molecular flexibility index (Phi) is 3.96. The molecule has 8 heteroatoms. The first-order chi connectivity index (χ1) is 9.99. The Bertz CT molecular complexity index is 570. The third-order valence-corrected chi connectivity index (χ3v) is 4.97. The van der Waals surface area contributed by atoms with Gasteiger partial charge in [0.1, 0.15) is 19.0 Å². The van der Waals surface area contributed by atoms with Crippen LogP contribution in [0, 0.1) is 10.1 Å². The first-order valence-corrected chi connectivity index (χ1v) is 7.69. The highest BCUT2D eigenvalue weighted by Crippen LogP contribution is 2.34. The number of halogens is 2. The molecule has 3 saturated heterocycles. The summed E-state index contributed by atoms with van der Waals surface area (Å²) >= 11 is 11.8. The van der Waals surface area contributed by atoms with Gasteiger partial charge in [0, 0.05) is 19.0 Å². The molecule has 2 bridgehead atoms. The molecule has 0 spiro atoms. The van der Waals surface area contributed by atoms with Gasteiger partial charge in [0.15, 0.2) is 0 Å². The summed E-state index contributed by atoms with van der Waals surface area (Å²) in [5.74, 6) is 0. The van der Waals surface area contributed by atoms with Gasteiger partial charge in [0.25, 0.3) is 5.69 Å². The number of hydrogen-bond donors (Lipinski definition) is 1. The molecule has 0 atom stereocenters. The molecule has 114 valence electrons. The van der Waals surface area contributed by atoms with Gasteiger partial charge in [-0.2, -0.15) is 0 Å². The quantitative estimate of drug-likeness (QED) is 0.377. The van der Waals surface area contributed by atoms with Crippen molar-refractivity contribution in [1.29, 1.82) is 0 Å². The second kappa shape index (κ2) is 5.61. The molecule has 0 aliphatic carbocycles. The number of rotatable bonds is 6. The molecular weight excluding hydrogens is 315 g/mol. The SMILES string of the molecule is O=[N+]([O-])c1cc(Cl)c(Cl)cc1NCCC[N+]12CCN(C1)C2. The van der Waals surface area contributed by atoms with Crippen LogP contribution < -0.4 is 5.32 Å². The molecule has 0 saturated carbocycles. The number of benzene rings is 1. The van der Waals surface area contributed by atoms with Crippen LogP contribution in [0.4, 0.5) is 11.4 Å². The number of nitro benzene ring substituents is 1. The minimum absolute atomic E-state index is 0.0345. The Morgan fingerprint density at radius 2 is 2.05 bits per heavy atom. The Balaban J connectivity index is 1.57. The molecule has 1 aromatic carbocycles. The van der Waals surface area contributed by atoms with E-state index in [2.05, 4.69) is 10.2 Å². The monoisotopic (exact) mass is 331 g/mol. The third kappa shape index (κ3) is 2.94. The Morgan fingerprint density at radius 1 is 1.33 bits per heavy atom. The predicted molar refractivity (Wildman–Crippen MR) is 82.7 cm³/mol. The van der Waals surface area contributed by atoms with Crippen LogP contribution in [0.2, 0.25) is 10.0 Å². The smallest absolute Gasteiger partial charge is 0.293 e. The van der Waals surface area contributed by atoms with Crippen molar-refractivity contribution in [2.24, 2.45) is 0 Å². The number of nitrogens with one attached hydrogen (secondary N) is 1. The van der Waals surface area contributed by atoms with Crippen molar-refractivity contribution in [1.82, 2.24) is 4.90 Å². The minimum Gasteiger partial charge on any atom is -0.379 e. The van der Waals surface area contributed by atoms with E-state index < -0.39 is 4.92 Å². The van der Waals surface area contributed by atoms with E-state index in [0.29, 0.717) is 17.3 Å². The molecule has 3 aliphatic heterocycles. The number of nitro groups is 1. The van der Waals surface area contributed by atoms with Gasteiger partial charge in [0.05, 0.1) is 34.6 Å². The maximum absolute atomic E-state index is 11.0. The van der Waals surface area contributed by atoms with E-state index in [9.17, 15) is 10.1 Å². The van der Waals surface area contributed by atoms with Gasteiger partial charge >= 0.3 is 0 Å². The normalized spacial score (nSPS) is 26.5. The highest BCUT2D eigenvalue weighted by molar-refractivity contribution is 6.42. The molecule has 0 amide bonds. The zero-order valence-corrected chi connectivity index (χ0v) is 13.0. The number of fused-ring (bicyclic) bond motifs is 1. The highest BCUT2D eigenvalue weighted by Gasteiger charge is 2.48. The Labute approximate surface area is 133 Å². The zero-order chi connectivity index (χ0) is 15.0. The van der Waals surface area contributed by atoms with Gasteiger partial charge in [-0.1, -0.05) is 23.2 Å². The van der Waals surface area contributed by atoms with E-state index in [1.807, 2.05) is 0 Å². The van der Waals surface area contributed by atoms with Crippen LogP contribution in [-0.4, -0.2) is 53.8 Å². The molecular formula is C13H17Cl2N4O2+. The molecule has 3 aliphatic rings. The first-order valence-electron chi connectivity index (χ1n) is 6.94. The fourth-order valence-electron chi connectivity index (χ4n) is 3.16. The summed E-state index contributed by atoms with van der Waals surface area (Å²) < 4.78 is 1.17. The van der Waals surface area contributed by atoms with Crippen LogP contribution in [-0.2, 0) is 0 Å². The van der Waals surface area contributed by atoms with Gasteiger partial charge in [-0.3, -0.25) is 14.6 Å². The lowest BCUT2D eigenvalue weighted by molar-refractivity contribution is -0.966. The Morgan fingerprint density at radius 3 is 2.67 bits per heavy atom. The molecule has 6 nitrogen and oxygen atoms in total. The summed E-state index contributed by atoms with van der Waals surface area (Å²) in [6.45, 7) is 6.55. The summed E-state index contributed by atoms with van der Waals surface area (Å²) in [5, 5.41) is 14.7. The van der Waals surface area contributed by atoms with Crippen LogP contribution in [0.3, 0.4) is 0 Å². The summed E-state index contributed by atoms with van der Waals surface area (Å²) in [4.78, 5) is 13.0. The molecule has 0 unspecified atom stereocenters. The van der Waals surface area contributed by atoms with Crippen molar-refractivity contribution >= 4 is 34.6 Å². The second-order valence-corrected chi connectivity index (χ2v) is 6.60. The topological polar surface area (TPSA) is 58.4 Å². The van der Waals surface area contributed by atoms with Crippen LogP contribution in [0.5, 0.6) is 0 Å². The molecule has 21 heavy (non-hydrogen) atoms. The lowest BCUT2D eigenvalue weighted by atomic mass is 10.2. The van der Waals surface area contributed by atoms with Crippen molar-refractivity contribution in [3.8, 4) is 0 Å². The Hall–Kier alpha value is -1.08. The van der Waals surface area contributed by atoms with Crippen LogP contribution >= 0.6 is 23.2 Å². The summed E-state index contributed by atoms with van der Waals surface area (Å²) in [7, 11) is 0. The number of anilines is 1. The van der Waals surface area contributed by atoms with Crippen molar-refractivity contribution in [3.05, 3.63) is 32.3 Å². The van der Waals surface area contributed by atoms with Gasteiger partial charge in [-0.15, -0.1) is 0 Å². The lowest BCUT2D eigenvalue weighted by Crippen LogP contribution is -2.60. The molecule has 1 aromatic rings. The van der Waals surface area contributed by atoms with Gasteiger partial charge < -0.3 is 5.32 Å². The standard InChI is InChI=1S/C13H17Cl2N4O2/c14-10-6-12(13(18(20)21)7-11(10)15)16-2-1-4-19-5-3-17(8-19)9-19/h6-7,16H,1-5,8-9H2/q+1. The highest BCUT2D eigenvalue weighted by atomic mass is 35.5. The van der Waals surface area contributed by atoms with E-state index in [1.54, 1.807) is 0 Å². The van der Waals surface area contributed by atoms with Gasteiger partial charge in [-0.25, -0.2) is 4.90 Å². The zero-order valence-electron chi connectivity index (χ0n) is 11.5. The molecule has 4 rings (SSSR count).